The van der Waals surface area contributed by atoms with E-state index >= 15 is 0 Å². The van der Waals surface area contributed by atoms with E-state index in [2.05, 4.69) is 78.3 Å². The Morgan fingerprint density at radius 1 is 0.765 bits per heavy atom. The minimum Gasteiger partial charge on any atom is -0.352 e. The van der Waals surface area contributed by atoms with Crippen LogP contribution in [0.1, 0.15) is 36.7 Å². The number of fused-ring (bicyclic) bond motifs is 1. The number of rotatable bonds is 3. The summed E-state index contributed by atoms with van der Waals surface area (Å²) in [5.41, 5.74) is 3.99. The molecule has 4 aromatic rings. The largest absolute Gasteiger partial charge is 0.352 e. The molecule has 0 spiro atoms. The van der Waals surface area contributed by atoms with Crippen molar-refractivity contribution in [3.63, 3.8) is 0 Å². The molecule has 0 bridgehead atoms. The quantitative estimate of drug-likeness (QED) is 0.410. The number of piperazine rings is 1. The maximum Gasteiger partial charge on any atom is 0.253 e. The van der Waals surface area contributed by atoms with Crippen molar-refractivity contribution in [2.24, 2.45) is 0 Å². The Morgan fingerprint density at radius 2 is 1.47 bits per heavy atom. The third-order valence-electron chi connectivity index (χ3n) is 6.58. The molecule has 34 heavy (non-hydrogen) atoms. The van der Waals surface area contributed by atoms with E-state index in [0.29, 0.717) is 13.1 Å². The molecule has 1 amide bonds. The van der Waals surface area contributed by atoms with Crippen molar-refractivity contribution in [1.29, 1.82) is 0 Å². The van der Waals surface area contributed by atoms with Gasteiger partial charge in [0, 0.05) is 37.3 Å². The van der Waals surface area contributed by atoms with Crippen LogP contribution in [0.5, 0.6) is 0 Å². The Kier molecular flexibility index (Phi) is 5.78. The molecule has 2 heterocycles. The number of hydrogen-bond acceptors (Lipinski definition) is 4. The third kappa shape index (κ3) is 4.51. The third-order valence-corrected chi connectivity index (χ3v) is 6.58. The SMILES string of the molecule is CC(C)(C)c1ccc(C(=O)N2CCN(c3ccc(-c4ccc5ccccc5c4)nn3)CC2)cc1. The minimum absolute atomic E-state index is 0.0814. The molecule has 0 aliphatic carbocycles. The van der Waals surface area contributed by atoms with Gasteiger partial charge in [-0.05, 0) is 52.1 Å². The Bertz CT molecular complexity index is 1300. The van der Waals surface area contributed by atoms with Gasteiger partial charge in [-0.3, -0.25) is 4.79 Å². The van der Waals surface area contributed by atoms with Gasteiger partial charge in [0.05, 0.1) is 5.69 Å². The highest BCUT2D eigenvalue weighted by molar-refractivity contribution is 5.94. The maximum absolute atomic E-state index is 13.0. The number of carbonyl (C=O) groups is 1. The highest BCUT2D eigenvalue weighted by Crippen LogP contribution is 2.25. The molecule has 5 nitrogen and oxygen atoms in total. The molecule has 0 atom stereocenters. The fourth-order valence-corrected chi connectivity index (χ4v) is 4.43. The van der Waals surface area contributed by atoms with Crippen LogP contribution < -0.4 is 4.90 Å². The van der Waals surface area contributed by atoms with Crippen LogP contribution in [0.2, 0.25) is 0 Å². The van der Waals surface area contributed by atoms with Crippen LogP contribution in [0.3, 0.4) is 0 Å². The zero-order valence-corrected chi connectivity index (χ0v) is 20.0. The summed E-state index contributed by atoms with van der Waals surface area (Å²) in [7, 11) is 0. The number of amides is 1. The predicted molar refractivity (Wildman–Crippen MR) is 138 cm³/mol. The molecular weight excluding hydrogens is 420 g/mol. The van der Waals surface area contributed by atoms with E-state index in [1.165, 1.54) is 16.3 Å². The second-order valence-corrected chi connectivity index (χ2v) is 9.95. The molecule has 1 fully saturated rings. The molecule has 1 aromatic heterocycles. The van der Waals surface area contributed by atoms with Crippen molar-refractivity contribution in [3.8, 4) is 11.3 Å². The minimum atomic E-state index is 0.0814. The lowest BCUT2D eigenvalue weighted by Gasteiger charge is -2.35. The molecular formula is C29H30N4O. The van der Waals surface area contributed by atoms with Crippen LogP contribution in [-0.2, 0) is 5.41 Å². The van der Waals surface area contributed by atoms with Gasteiger partial charge in [0.25, 0.3) is 5.91 Å². The van der Waals surface area contributed by atoms with Gasteiger partial charge >= 0.3 is 0 Å². The van der Waals surface area contributed by atoms with E-state index in [1.807, 2.05) is 41.3 Å². The van der Waals surface area contributed by atoms with Gasteiger partial charge in [0.1, 0.15) is 0 Å². The molecule has 1 aliphatic rings. The number of anilines is 1. The zero-order valence-electron chi connectivity index (χ0n) is 20.0. The summed E-state index contributed by atoms with van der Waals surface area (Å²) in [4.78, 5) is 17.1. The lowest BCUT2D eigenvalue weighted by atomic mass is 9.86. The monoisotopic (exact) mass is 450 g/mol. The fourth-order valence-electron chi connectivity index (χ4n) is 4.43. The Hall–Kier alpha value is -3.73. The summed E-state index contributed by atoms with van der Waals surface area (Å²) in [6.07, 6.45) is 0. The van der Waals surface area contributed by atoms with Crippen molar-refractivity contribution < 1.29 is 4.79 Å². The molecule has 0 N–H and O–H groups in total. The molecule has 0 saturated carbocycles. The van der Waals surface area contributed by atoms with E-state index in [4.69, 9.17) is 0 Å². The first-order valence-electron chi connectivity index (χ1n) is 11.9. The van der Waals surface area contributed by atoms with E-state index in [9.17, 15) is 4.79 Å². The Morgan fingerprint density at radius 3 is 2.12 bits per heavy atom. The van der Waals surface area contributed by atoms with Gasteiger partial charge in [-0.15, -0.1) is 10.2 Å². The van der Waals surface area contributed by atoms with Gasteiger partial charge in [-0.1, -0.05) is 69.3 Å². The number of benzene rings is 3. The molecule has 1 saturated heterocycles. The molecule has 5 rings (SSSR count). The van der Waals surface area contributed by atoms with Crippen LogP contribution in [0.4, 0.5) is 5.82 Å². The number of hydrogen-bond donors (Lipinski definition) is 0. The van der Waals surface area contributed by atoms with Crippen LogP contribution in [-0.4, -0.2) is 47.2 Å². The second kappa shape index (κ2) is 8.90. The van der Waals surface area contributed by atoms with Gasteiger partial charge in [0.2, 0.25) is 0 Å². The van der Waals surface area contributed by atoms with Crippen LogP contribution in [0.25, 0.3) is 22.0 Å². The molecule has 0 radical (unpaired) electrons. The summed E-state index contributed by atoms with van der Waals surface area (Å²) < 4.78 is 0. The normalized spacial score (nSPS) is 14.4. The van der Waals surface area contributed by atoms with E-state index in [-0.39, 0.29) is 11.3 Å². The topological polar surface area (TPSA) is 49.3 Å². The lowest BCUT2D eigenvalue weighted by Crippen LogP contribution is -2.49. The Labute approximate surface area is 201 Å². The highest BCUT2D eigenvalue weighted by atomic mass is 16.2. The fraction of sp³-hybridized carbons (Fsp3) is 0.276. The van der Waals surface area contributed by atoms with Crippen LogP contribution in [0, 0.1) is 0 Å². The average molecular weight is 451 g/mol. The lowest BCUT2D eigenvalue weighted by molar-refractivity contribution is 0.0746. The average Bonchev–Trinajstić information content (AvgIpc) is 2.88. The molecule has 3 aromatic carbocycles. The van der Waals surface area contributed by atoms with Crippen LogP contribution in [0.15, 0.2) is 78.9 Å². The number of aromatic nitrogens is 2. The first-order valence-corrected chi connectivity index (χ1v) is 11.9. The summed E-state index contributed by atoms with van der Waals surface area (Å²) in [5.74, 6) is 0.948. The summed E-state index contributed by atoms with van der Waals surface area (Å²) in [5, 5.41) is 11.4. The molecule has 0 unspecified atom stereocenters. The van der Waals surface area contributed by atoms with Gasteiger partial charge in [0.15, 0.2) is 5.82 Å². The predicted octanol–water partition coefficient (Wildman–Crippen LogP) is 5.56. The number of nitrogens with zero attached hydrogens (tertiary/aromatic N) is 4. The molecule has 5 heteroatoms. The summed E-state index contributed by atoms with van der Waals surface area (Å²) in [6, 6.07) is 26.8. The molecule has 1 aliphatic heterocycles. The maximum atomic E-state index is 13.0. The smallest absolute Gasteiger partial charge is 0.253 e. The molecule has 172 valence electrons. The second-order valence-electron chi connectivity index (χ2n) is 9.95. The Balaban J connectivity index is 1.22. The first kappa shape index (κ1) is 22.1. The van der Waals surface area contributed by atoms with Gasteiger partial charge in [-0.2, -0.15) is 0 Å². The van der Waals surface area contributed by atoms with E-state index < -0.39 is 0 Å². The van der Waals surface area contributed by atoms with Crippen molar-refractivity contribution >= 4 is 22.5 Å². The zero-order chi connectivity index (χ0) is 23.7. The summed E-state index contributed by atoms with van der Waals surface area (Å²) in [6.45, 7) is 9.38. The van der Waals surface area contributed by atoms with Crippen molar-refractivity contribution in [2.45, 2.75) is 26.2 Å². The van der Waals surface area contributed by atoms with Crippen molar-refractivity contribution in [1.82, 2.24) is 15.1 Å². The number of carbonyl (C=O) groups excluding carboxylic acids is 1. The summed E-state index contributed by atoms with van der Waals surface area (Å²) >= 11 is 0. The van der Waals surface area contributed by atoms with Gasteiger partial charge < -0.3 is 9.80 Å². The van der Waals surface area contributed by atoms with Gasteiger partial charge in [-0.25, -0.2) is 0 Å². The van der Waals surface area contributed by atoms with Crippen molar-refractivity contribution in [2.75, 3.05) is 31.1 Å². The van der Waals surface area contributed by atoms with E-state index in [0.717, 1.165) is 35.7 Å². The van der Waals surface area contributed by atoms with Crippen LogP contribution >= 0.6 is 0 Å². The van der Waals surface area contributed by atoms with E-state index in [1.54, 1.807) is 0 Å². The highest BCUT2D eigenvalue weighted by Gasteiger charge is 2.23. The van der Waals surface area contributed by atoms with Crippen molar-refractivity contribution in [3.05, 3.63) is 90.0 Å². The first-order chi connectivity index (χ1) is 16.4. The standard InChI is InChI=1S/C29H30N4O/c1-29(2,3)25-12-10-22(11-13-25)28(34)33-18-16-32(17-19-33)27-15-14-26(30-31-27)24-9-8-21-6-4-5-7-23(21)20-24/h4-15,20H,16-19H2,1-3H3.